The minimum absolute atomic E-state index is 0.289. The van der Waals surface area contributed by atoms with Crippen LogP contribution in [0.2, 0.25) is 0 Å². The zero-order valence-corrected chi connectivity index (χ0v) is 9.30. The maximum Gasteiger partial charge on any atom is 0.167 e. The molecule has 0 aliphatic heterocycles. The van der Waals surface area contributed by atoms with Gasteiger partial charge in [0.15, 0.2) is 17.7 Å². The quantitative estimate of drug-likeness (QED) is 0.671. The lowest BCUT2D eigenvalue weighted by molar-refractivity contribution is 0.149. The third-order valence-electron chi connectivity index (χ3n) is 2.63. The van der Waals surface area contributed by atoms with Crippen molar-refractivity contribution in [2.75, 3.05) is 5.73 Å². The molecule has 7 heteroatoms. The maximum absolute atomic E-state index is 10.3. The highest BCUT2D eigenvalue weighted by atomic mass is 16.3. The van der Waals surface area contributed by atoms with E-state index in [2.05, 4.69) is 19.9 Å². The molecule has 0 amide bonds. The van der Waals surface area contributed by atoms with Gasteiger partial charge in [-0.2, -0.15) is 0 Å². The van der Waals surface area contributed by atoms with Gasteiger partial charge in [0.25, 0.3) is 0 Å². The topological polar surface area (TPSA) is 103 Å². The molecule has 3 aromatic rings. The summed E-state index contributed by atoms with van der Waals surface area (Å²) in [6.07, 6.45) is 5.14. The van der Waals surface area contributed by atoms with Crippen LogP contribution in [0.5, 0.6) is 0 Å². The molecular formula is C11H10N6O. The molecule has 0 aromatic carbocycles. The van der Waals surface area contributed by atoms with Gasteiger partial charge < -0.3 is 10.8 Å². The Hall–Kier alpha value is -2.54. The Morgan fingerprint density at radius 3 is 2.94 bits per heavy atom. The average molecular weight is 242 g/mol. The van der Waals surface area contributed by atoms with Gasteiger partial charge in [-0.1, -0.05) is 6.07 Å². The van der Waals surface area contributed by atoms with E-state index in [0.29, 0.717) is 16.7 Å². The molecule has 0 saturated heterocycles. The first-order valence-electron chi connectivity index (χ1n) is 5.28. The Kier molecular flexibility index (Phi) is 2.38. The van der Waals surface area contributed by atoms with Crippen LogP contribution in [0.3, 0.4) is 0 Å². The van der Waals surface area contributed by atoms with Gasteiger partial charge in [0, 0.05) is 18.0 Å². The van der Waals surface area contributed by atoms with Crippen molar-refractivity contribution in [2.24, 2.45) is 0 Å². The smallest absolute Gasteiger partial charge is 0.167 e. The van der Waals surface area contributed by atoms with Crippen LogP contribution in [0, 0.1) is 0 Å². The van der Waals surface area contributed by atoms with Crippen LogP contribution in [0.1, 0.15) is 11.8 Å². The van der Waals surface area contributed by atoms with Crippen molar-refractivity contribution in [3.05, 3.63) is 42.7 Å². The summed E-state index contributed by atoms with van der Waals surface area (Å²) in [5.41, 5.74) is 7.29. The second-order valence-electron chi connectivity index (χ2n) is 3.74. The molecule has 0 saturated carbocycles. The number of nitrogens with two attached hydrogens (primary N) is 1. The molecule has 0 fully saturated rings. The molecule has 1 unspecified atom stereocenters. The molecule has 1 atom stereocenters. The van der Waals surface area contributed by atoms with E-state index >= 15 is 0 Å². The lowest BCUT2D eigenvalue weighted by Gasteiger charge is -2.12. The Labute approximate surface area is 102 Å². The van der Waals surface area contributed by atoms with E-state index in [1.807, 2.05) is 0 Å². The zero-order valence-electron chi connectivity index (χ0n) is 9.30. The monoisotopic (exact) mass is 242 g/mol. The van der Waals surface area contributed by atoms with Gasteiger partial charge in [-0.05, 0) is 6.07 Å². The number of aromatic nitrogens is 5. The van der Waals surface area contributed by atoms with Gasteiger partial charge in [0.2, 0.25) is 0 Å². The Balaban J connectivity index is 2.13. The standard InChI is InChI=1S/C11H10N6O/c12-9-8-10(15-5-14-9)17(6-16-8)11(18)7-2-1-3-13-4-7/h1-6,11,18H,(H2,12,14,15). The summed E-state index contributed by atoms with van der Waals surface area (Å²) in [5.74, 6) is 0.289. The Morgan fingerprint density at radius 1 is 1.28 bits per heavy atom. The summed E-state index contributed by atoms with van der Waals surface area (Å²) in [7, 11) is 0. The van der Waals surface area contributed by atoms with E-state index in [1.165, 1.54) is 17.2 Å². The van der Waals surface area contributed by atoms with E-state index < -0.39 is 6.23 Å². The number of imidazole rings is 1. The van der Waals surface area contributed by atoms with Crippen molar-refractivity contribution in [1.29, 1.82) is 0 Å². The van der Waals surface area contributed by atoms with Gasteiger partial charge in [-0.25, -0.2) is 15.0 Å². The molecule has 3 heterocycles. The molecule has 0 spiro atoms. The van der Waals surface area contributed by atoms with Gasteiger partial charge in [-0.15, -0.1) is 0 Å². The number of fused-ring (bicyclic) bond motifs is 1. The van der Waals surface area contributed by atoms with Crippen molar-refractivity contribution in [3.8, 4) is 0 Å². The first kappa shape index (κ1) is 10.6. The predicted octanol–water partition coefficient (Wildman–Crippen LogP) is 0.343. The summed E-state index contributed by atoms with van der Waals surface area (Å²) in [4.78, 5) is 16.0. The summed E-state index contributed by atoms with van der Waals surface area (Å²) in [6, 6.07) is 3.52. The minimum Gasteiger partial charge on any atom is -0.382 e. The lowest BCUT2D eigenvalue weighted by atomic mass is 10.2. The average Bonchev–Trinajstić information content (AvgIpc) is 2.84. The first-order valence-corrected chi connectivity index (χ1v) is 5.28. The van der Waals surface area contributed by atoms with Crippen molar-refractivity contribution in [2.45, 2.75) is 6.23 Å². The molecule has 3 N–H and O–H groups in total. The normalized spacial score (nSPS) is 12.7. The third kappa shape index (κ3) is 1.57. The van der Waals surface area contributed by atoms with E-state index in [-0.39, 0.29) is 5.82 Å². The molecule has 3 rings (SSSR count). The molecule has 3 aromatic heterocycles. The highest BCUT2D eigenvalue weighted by Crippen LogP contribution is 2.21. The number of nitrogens with zero attached hydrogens (tertiary/aromatic N) is 5. The summed E-state index contributed by atoms with van der Waals surface area (Å²) in [6.45, 7) is 0. The fraction of sp³-hybridized carbons (Fsp3) is 0.0909. The second-order valence-corrected chi connectivity index (χ2v) is 3.74. The molecular weight excluding hydrogens is 232 g/mol. The molecule has 90 valence electrons. The summed E-state index contributed by atoms with van der Waals surface area (Å²) in [5, 5.41) is 10.3. The van der Waals surface area contributed by atoms with Crippen LogP contribution >= 0.6 is 0 Å². The number of rotatable bonds is 2. The van der Waals surface area contributed by atoms with Crippen molar-refractivity contribution in [1.82, 2.24) is 24.5 Å². The van der Waals surface area contributed by atoms with E-state index in [4.69, 9.17) is 5.73 Å². The Morgan fingerprint density at radius 2 is 2.17 bits per heavy atom. The number of hydrogen-bond acceptors (Lipinski definition) is 6. The van der Waals surface area contributed by atoms with Gasteiger partial charge in [-0.3, -0.25) is 9.55 Å². The molecule has 18 heavy (non-hydrogen) atoms. The fourth-order valence-electron chi connectivity index (χ4n) is 1.74. The van der Waals surface area contributed by atoms with Gasteiger partial charge >= 0.3 is 0 Å². The SMILES string of the molecule is Nc1ncnc2c1ncn2C(O)c1cccnc1. The van der Waals surface area contributed by atoms with Crippen LogP contribution < -0.4 is 5.73 Å². The second kappa shape index (κ2) is 4.04. The molecule has 0 bridgehead atoms. The van der Waals surface area contributed by atoms with Crippen molar-refractivity contribution < 1.29 is 5.11 Å². The van der Waals surface area contributed by atoms with Crippen LogP contribution in [0.4, 0.5) is 5.82 Å². The highest BCUT2D eigenvalue weighted by molar-refractivity contribution is 5.81. The first-order chi connectivity index (χ1) is 8.77. The van der Waals surface area contributed by atoms with E-state index in [9.17, 15) is 5.11 Å². The highest BCUT2D eigenvalue weighted by Gasteiger charge is 2.15. The molecule has 7 nitrogen and oxygen atoms in total. The fourth-order valence-corrected chi connectivity index (χ4v) is 1.74. The van der Waals surface area contributed by atoms with Crippen LogP contribution in [0.25, 0.3) is 11.2 Å². The van der Waals surface area contributed by atoms with Crippen molar-refractivity contribution >= 4 is 17.0 Å². The third-order valence-corrected chi connectivity index (χ3v) is 2.63. The number of pyridine rings is 1. The van der Waals surface area contributed by atoms with E-state index in [0.717, 1.165) is 0 Å². The number of aliphatic hydroxyl groups is 1. The molecule has 0 aliphatic rings. The summed E-state index contributed by atoms with van der Waals surface area (Å²) < 4.78 is 1.52. The minimum atomic E-state index is -0.905. The predicted molar refractivity (Wildman–Crippen MR) is 64.3 cm³/mol. The molecule has 0 aliphatic carbocycles. The zero-order chi connectivity index (χ0) is 12.5. The van der Waals surface area contributed by atoms with E-state index in [1.54, 1.807) is 24.5 Å². The number of nitrogen functional groups attached to an aromatic ring is 1. The van der Waals surface area contributed by atoms with Gasteiger partial charge in [0.05, 0.1) is 6.33 Å². The number of anilines is 1. The maximum atomic E-state index is 10.3. The molecule has 0 radical (unpaired) electrons. The summed E-state index contributed by atoms with van der Waals surface area (Å²) >= 11 is 0. The number of hydrogen-bond donors (Lipinski definition) is 2. The van der Waals surface area contributed by atoms with Gasteiger partial charge in [0.1, 0.15) is 11.8 Å². The largest absolute Gasteiger partial charge is 0.382 e. The number of aliphatic hydroxyl groups excluding tert-OH is 1. The van der Waals surface area contributed by atoms with Crippen LogP contribution in [-0.2, 0) is 0 Å². The Bertz CT molecular complexity index is 680. The van der Waals surface area contributed by atoms with Crippen molar-refractivity contribution in [3.63, 3.8) is 0 Å². The van der Waals surface area contributed by atoms with Crippen LogP contribution in [0.15, 0.2) is 37.2 Å². The van der Waals surface area contributed by atoms with Crippen LogP contribution in [-0.4, -0.2) is 29.6 Å². The lowest BCUT2D eigenvalue weighted by Crippen LogP contribution is -2.09.